The molecule has 158 valence electrons. The van der Waals surface area contributed by atoms with Crippen molar-refractivity contribution in [3.63, 3.8) is 0 Å². The maximum Gasteiger partial charge on any atom is 0.348 e. The van der Waals surface area contributed by atoms with Crippen LogP contribution in [0.3, 0.4) is 0 Å². The number of aryl methyl sites for hydroxylation is 1. The molecule has 7 nitrogen and oxygen atoms in total. The summed E-state index contributed by atoms with van der Waals surface area (Å²) in [6, 6.07) is 7.14. The Bertz CT molecular complexity index is 1070. The van der Waals surface area contributed by atoms with Crippen LogP contribution >= 0.6 is 22.9 Å². The van der Waals surface area contributed by atoms with Gasteiger partial charge in [0.15, 0.2) is 0 Å². The zero-order valence-electron chi connectivity index (χ0n) is 16.8. The molecule has 0 saturated carbocycles. The molecular formula is C21H22ClN3O4S. The predicted octanol–water partition coefficient (Wildman–Crippen LogP) is 4.45. The molecule has 4 rings (SSSR count). The summed E-state index contributed by atoms with van der Waals surface area (Å²) in [5, 5.41) is 1.29. The number of thiophene rings is 1. The number of nitrogens with zero attached hydrogens (tertiary/aromatic N) is 3. The number of fused-ring (bicyclic) bond motifs is 1. The van der Waals surface area contributed by atoms with Crippen LogP contribution in [0.4, 0.5) is 0 Å². The van der Waals surface area contributed by atoms with E-state index in [9.17, 15) is 4.79 Å². The molecule has 0 aliphatic carbocycles. The highest BCUT2D eigenvalue weighted by molar-refractivity contribution is 7.20. The molecule has 3 aromatic rings. The van der Waals surface area contributed by atoms with Crippen molar-refractivity contribution in [3.8, 4) is 11.6 Å². The molecule has 1 aliphatic heterocycles. The van der Waals surface area contributed by atoms with E-state index in [0.29, 0.717) is 63.9 Å². The van der Waals surface area contributed by atoms with Gasteiger partial charge in [0.1, 0.15) is 21.3 Å². The average Bonchev–Trinajstić information content (AvgIpc) is 3.06. The van der Waals surface area contributed by atoms with Crippen molar-refractivity contribution >= 4 is 39.1 Å². The van der Waals surface area contributed by atoms with Crippen molar-refractivity contribution in [3.05, 3.63) is 45.6 Å². The molecule has 3 heterocycles. The quantitative estimate of drug-likeness (QED) is 0.516. The fraction of sp³-hybridized carbons (Fsp3) is 0.381. The van der Waals surface area contributed by atoms with Crippen molar-refractivity contribution in [1.82, 2.24) is 14.9 Å². The lowest BCUT2D eigenvalue weighted by Gasteiger charge is -2.25. The molecule has 0 N–H and O–H groups in total. The van der Waals surface area contributed by atoms with Gasteiger partial charge in [0.05, 0.1) is 31.8 Å². The number of hydrogen-bond donors (Lipinski definition) is 0. The van der Waals surface area contributed by atoms with Crippen LogP contribution in [0.1, 0.15) is 28.0 Å². The summed E-state index contributed by atoms with van der Waals surface area (Å²) < 4.78 is 16.7. The van der Waals surface area contributed by atoms with Crippen LogP contribution in [-0.2, 0) is 16.0 Å². The minimum absolute atomic E-state index is 0.312. The molecule has 0 unspecified atom stereocenters. The number of ether oxygens (including phenoxy) is 3. The zero-order valence-corrected chi connectivity index (χ0v) is 18.4. The Morgan fingerprint density at radius 1 is 1.30 bits per heavy atom. The number of halogens is 1. The van der Waals surface area contributed by atoms with Gasteiger partial charge in [-0.2, -0.15) is 4.98 Å². The molecule has 2 aromatic heterocycles. The van der Waals surface area contributed by atoms with Crippen LogP contribution in [-0.4, -0.2) is 53.7 Å². The standard InChI is InChI=1S/C21H22ClN3O4S/c1-3-28-21(26)18-13(2)17-19(29-15-6-4-5-14(22)11-15)23-16(24-20(17)30-18)12-25-7-9-27-10-8-25/h4-6,11H,3,7-10,12H2,1-2H3. The summed E-state index contributed by atoms with van der Waals surface area (Å²) in [4.78, 5) is 25.3. The van der Waals surface area contributed by atoms with Gasteiger partial charge in [0.25, 0.3) is 0 Å². The van der Waals surface area contributed by atoms with Crippen LogP contribution in [0.25, 0.3) is 10.2 Å². The first-order valence-electron chi connectivity index (χ1n) is 9.75. The van der Waals surface area contributed by atoms with Gasteiger partial charge in [-0.1, -0.05) is 17.7 Å². The third-order valence-electron chi connectivity index (χ3n) is 4.74. The van der Waals surface area contributed by atoms with Gasteiger partial charge in [-0.15, -0.1) is 11.3 Å². The molecule has 0 bridgehead atoms. The smallest absolute Gasteiger partial charge is 0.348 e. The lowest BCUT2D eigenvalue weighted by Crippen LogP contribution is -2.36. The fourth-order valence-electron chi connectivity index (χ4n) is 3.28. The Hall–Kier alpha value is -2.26. The second-order valence-electron chi connectivity index (χ2n) is 6.85. The highest BCUT2D eigenvalue weighted by atomic mass is 35.5. The van der Waals surface area contributed by atoms with Crippen LogP contribution in [0, 0.1) is 6.92 Å². The summed E-state index contributed by atoms with van der Waals surface area (Å²) in [5.74, 6) is 1.26. The molecular weight excluding hydrogens is 426 g/mol. The van der Waals surface area contributed by atoms with E-state index in [1.807, 2.05) is 19.1 Å². The molecule has 9 heteroatoms. The number of aromatic nitrogens is 2. The number of hydrogen-bond acceptors (Lipinski definition) is 8. The van der Waals surface area contributed by atoms with E-state index in [-0.39, 0.29) is 5.97 Å². The molecule has 0 amide bonds. The third-order valence-corrected chi connectivity index (χ3v) is 6.14. The molecule has 1 aromatic carbocycles. The average molecular weight is 448 g/mol. The van der Waals surface area contributed by atoms with Crippen LogP contribution in [0.2, 0.25) is 5.02 Å². The van der Waals surface area contributed by atoms with Crippen molar-refractivity contribution < 1.29 is 19.0 Å². The Labute approximate surface area is 183 Å². The van der Waals surface area contributed by atoms with Crippen molar-refractivity contribution in [1.29, 1.82) is 0 Å². The van der Waals surface area contributed by atoms with Crippen LogP contribution < -0.4 is 4.74 Å². The first-order chi connectivity index (χ1) is 14.5. The monoisotopic (exact) mass is 447 g/mol. The minimum atomic E-state index is -0.360. The van der Waals surface area contributed by atoms with E-state index in [1.165, 1.54) is 11.3 Å². The largest absolute Gasteiger partial charge is 0.462 e. The predicted molar refractivity (Wildman–Crippen MR) is 116 cm³/mol. The van der Waals surface area contributed by atoms with E-state index >= 15 is 0 Å². The van der Waals surface area contributed by atoms with Gasteiger partial charge >= 0.3 is 5.97 Å². The van der Waals surface area contributed by atoms with E-state index in [1.54, 1.807) is 19.1 Å². The highest BCUT2D eigenvalue weighted by Gasteiger charge is 2.23. The second-order valence-corrected chi connectivity index (χ2v) is 8.29. The molecule has 1 saturated heterocycles. The normalized spacial score (nSPS) is 14.8. The van der Waals surface area contributed by atoms with E-state index in [4.69, 9.17) is 35.8 Å². The van der Waals surface area contributed by atoms with Crippen LogP contribution in [0.15, 0.2) is 24.3 Å². The van der Waals surface area contributed by atoms with Crippen molar-refractivity contribution in [2.24, 2.45) is 0 Å². The minimum Gasteiger partial charge on any atom is -0.462 e. The number of morpholine rings is 1. The topological polar surface area (TPSA) is 73.8 Å². The van der Waals surface area contributed by atoms with E-state index in [0.717, 1.165) is 18.7 Å². The van der Waals surface area contributed by atoms with E-state index in [2.05, 4.69) is 4.90 Å². The summed E-state index contributed by atoms with van der Waals surface area (Å²) in [5.41, 5.74) is 0.753. The fourth-order valence-corrected chi connectivity index (χ4v) is 4.55. The Kier molecular flexibility index (Phi) is 6.48. The van der Waals surface area contributed by atoms with Gasteiger partial charge in [0, 0.05) is 18.1 Å². The van der Waals surface area contributed by atoms with Gasteiger partial charge in [0.2, 0.25) is 5.88 Å². The number of carbonyl (C=O) groups is 1. The maximum atomic E-state index is 12.4. The first kappa shape index (κ1) is 21.0. The number of benzene rings is 1. The molecule has 0 atom stereocenters. The van der Waals surface area contributed by atoms with E-state index < -0.39 is 0 Å². The van der Waals surface area contributed by atoms with Crippen molar-refractivity contribution in [2.45, 2.75) is 20.4 Å². The summed E-state index contributed by atoms with van der Waals surface area (Å²) in [6.07, 6.45) is 0. The second kappa shape index (κ2) is 9.26. The Balaban J connectivity index is 1.76. The van der Waals surface area contributed by atoms with Gasteiger partial charge < -0.3 is 14.2 Å². The molecule has 0 radical (unpaired) electrons. The SMILES string of the molecule is CCOC(=O)c1sc2nc(CN3CCOCC3)nc(Oc3cccc(Cl)c3)c2c1C. The molecule has 0 spiro atoms. The zero-order chi connectivity index (χ0) is 21.1. The van der Waals surface area contributed by atoms with Gasteiger partial charge in [-0.3, -0.25) is 4.90 Å². The summed E-state index contributed by atoms with van der Waals surface area (Å²) in [7, 11) is 0. The molecule has 1 aliphatic rings. The van der Waals surface area contributed by atoms with Gasteiger partial charge in [-0.25, -0.2) is 9.78 Å². The number of esters is 1. The number of carbonyl (C=O) groups excluding carboxylic acids is 1. The maximum absolute atomic E-state index is 12.4. The first-order valence-corrected chi connectivity index (χ1v) is 10.9. The van der Waals surface area contributed by atoms with Crippen molar-refractivity contribution in [2.75, 3.05) is 32.9 Å². The highest BCUT2D eigenvalue weighted by Crippen LogP contribution is 2.37. The lowest BCUT2D eigenvalue weighted by molar-refractivity contribution is 0.0330. The lowest BCUT2D eigenvalue weighted by atomic mass is 10.2. The summed E-state index contributed by atoms with van der Waals surface area (Å²) >= 11 is 7.41. The molecule has 1 fully saturated rings. The summed E-state index contributed by atoms with van der Waals surface area (Å²) in [6.45, 7) is 7.57. The van der Waals surface area contributed by atoms with Gasteiger partial charge in [-0.05, 0) is 37.6 Å². The molecule has 30 heavy (non-hydrogen) atoms. The Morgan fingerprint density at radius 3 is 2.83 bits per heavy atom. The third kappa shape index (κ3) is 4.57. The van der Waals surface area contributed by atoms with Crippen LogP contribution in [0.5, 0.6) is 11.6 Å². The Morgan fingerprint density at radius 2 is 2.10 bits per heavy atom. The number of rotatable bonds is 6.